The zero-order valence-electron chi connectivity index (χ0n) is 13.7. The number of benzene rings is 1. The molecule has 0 spiro atoms. The number of fused-ring (bicyclic) bond motifs is 1. The number of anilines is 1. The first-order chi connectivity index (χ1) is 12.3. The average molecular weight is 341 g/mol. The minimum Gasteiger partial charge on any atom is -0.454 e. The molecule has 2 aliphatic rings. The van der Waals surface area contributed by atoms with Crippen LogP contribution < -0.4 is 19.7 Å². The highest BCUT2D eigenvalue weighted by molar-refractivity contribution is 5.74. The van der Waals surface area contributed by atoms with Crippen molar-refractivity contribution >= 4 is 12.0 Å². The van der Waals surface area contributed by atoms with Gasteiger partial charge in [-0.15, -0.1) is 0 Å². The molecule has 8 nitrogen and oxygen atoms in total. The second kappa shape index (κ2) is 6.84. The van der Waals surface area contributed by atoms with Gasteiger partial charge in [-0.05, 0) is 23.8 Å². The van der Waals surface area contributed by atoms with Gasteiger partial charge in [-0.2, -0.15) is 0 Å². The summed E-state index contributed by atoms with van der Waals surface area (Å²) in [6, 6.07) is 7.42. The van der Waals surface area contributed by atoms with Gasteiger partial charge >= 0.3 is 6.03 Å². The normalized spacial score (nSPS) is 16.0. The number of piperazine rings is 1. The van der Waals surface area contributed by atoms with Crippen molar-refractivity contribution in [1.29, 1.82) is 0 Å². The van der Waals surface area contributed by atoms with Crippen LogP contribution in [-0.4, -0.2) is 53.9 Å². The minimum atomic E-state index is -0.0636. The summed E-state index contributed by atoms with van der Waals surface area (Å²) in [5, 5.41) is 2.96. The maximum Gasteiger partial charge on any atom is 0.317 e. The molecule has 0 atom stereocenters. The van der Waals surface area contributed by atoms with Gasteiger partial charge in [0.25, 0.3) is 0 Å². The van der Waals surface area contributed by atoms with Crippen molar-refractivity contribution in [1.82, 2.24) is 20.2 Å². The topological polar surface area (TPSA) is 79.8 Å². The van der Waals surface area contributed by atoms with E-state index in [1.807, 2.05) is 23.1 Å². The Morgan fingerprint density at radius 3 is 2.64 bits per heavy atom. The molecule has 2 amide bonds. The molecule has 0 bridgehead atoms. The van der Waals surface area contributed by atoms with E-state index in [0.29, 0.717) is 25.6 Å². The Balaban J connectivity index is 1.28. The van der Waals surface area contributed by atoms with Crippen LogP contribution in [0.5, 0.6) is 11.5 Å². The zero-order valence-corrected chi connectivity index (χ0v) is 13.7. The molecule has 0 unspecified atom stereocenters. The average Bonchev–Trinajstić information content (AvgIpc) is 3.15. The Hall–Kier alpha value is -3.03. The zero-order chi connectivity index (χ0) is 17.1. The second-order valence-corrected chi connectivity index (χ2v) is 5.87. The summed E-state index contributed by atoms with van der Waals surface area (Å²) >= 11 is 0. The number of rotatable bonds is 3. The lowest BCUT2D eigenvalue weighted by Gasteiger charge is -2.34. The second-order valence-electron chi connectivity index (χ2n) is 5.87. The molecule has 8 heteroatoms. The van der Waals surface area contributed by atoms with E-state index in [1.165, 1.54) is 0 Å². The van der Waals surface area contributed by atoms with Gasteiger partial charge in [-0.25, -0.2) is 14.8 Å². The number of aromatic nitrogens is 2. The summed E-state index contributed by atoms with van der Waals surface area (Å²) in [5.41, 5.74) is 0.980. The maximum absolute atomic E-state index is 12.4. The van der Waals surface area contributed by atoms with Crippen LogP contribution in [0, 0.1) is 0 Å². The molecule has 130 valence electrons. The number of ether oxygens (including phenoxy) is 2. The first kappa shape index (κ1) is 15.5. The highest BCUT2D eigenvalue weighted by Gasteiger charge is 2.22. The predicted octanol–water partition coefficient (Wildman–Crippen LogP) is 1.24. The number of urea groups is 1. The first-order valence-corrected chi connectivity index (χ1v) is 8.23. The van der Waals surface area contributed by atoms with Gasteiger partial charge in [0.2, 0.25) is 12.7 Å². The van der Waals surface area contributed by atoms with E-state index in [4.69, 9.17) is 9.47 Å². The minimum absolute atomic E-state index is 0.0636. The largest absolute Gasteiger partial charge is 0.454 e. The highest BCUT2D eigenvalue weighted by Crippen LogP contribution is 2.32. The van der Waals surface area contributed by atoms with Crippen LogP contribution in [-0.2, 0) is 6.54 Å². The van der Waals surface area contributed by atoms with Gasteiger partial charge in [0.1, 0.15) is 0 Å². The first-order valence-electron chi connectivity index (χ1n) is 8.23. The summed E-state index contributed by atoms with van der Waals surface area (Å²) in [6.45, 7) is 3.44. The Bertz CT molecular complexity index is 747. The van der Waals surface area contributed by atoms with Crippen molar-refractivity contribution in [2.45, 2.75) is 6.54 Å². The summed E-state index contributed by atoms with van der Waals surface area (Å²) in [4.78, 5) is 24.8. The summed E-state index contributed by atoms with van der Waals surface area (Å²) in [6.07, 6.45) is 3.46. The quantitative estimate of drug-likeness (QED) is 0.905. The molecule has 1 aromatic heterocycles. The Morgan fingerprint density at radius 2 is 1.84 bits per heavy atom. The van der Waals surface area contributed by atoms with Crippen LogP contribution in [0.2, 0.25) is 0 Å². The van der Waals surface area contributed by atoms with E-state index in [1.54, 1.807) is 18.5 Å². The van der Waals surface area contributed by atoms with Crippen LogP contribution in [0.3, 0.4) is 0 Å². The fourth-order valence-corrected chi connectivity index (χ4v) is 2.90. The fraction of sp³-hybridized carbons (Fsp3) is 0.353. The molecule has 0 saturated carbocycles. The standard InChI is InChI=1S/C17H19N5O3/c23-17(20-11-13-2-3-14-15(10-13)25-12-24-14)22-8-6-21(7-9-22)16-18-4-1-5-19-16/h1-5,10H,6-9,11-12H2,(H,20,23). The smallest absolute Gasteiger partial charge is 0.317 e. The van der Waals surface area contributed by atoms with Gasteiger partial charge < -0.3 is 24.6 Å². The Morgan fingerprint density at radius 1 is 1.08 bits per heavy atom. The Labute approximate surface area is 145 Å². The van der Waals surface area contributed by atoms with Crippen molar-refractivity contribution in [3.63, 3.8) is 0 Å². The molecule has 1 N–H and O–H groups in total. The van der Waals surface area contributed by atoms with Gasteiger partial charge in [0, 0.05) is 45.1 Å². The lowest BCUT2D eigenvalue weighted by molar-refractivity contribution is 0.174. The number of amides is 2. The number of carbonyl (C=O) groups is 1. The molecule has 1 saturated heterocycles. The van der Waals surface area contributed by atoms with E-state index in [2.05, 4.69) is 20.2 Å². The molecule has 0 aliphatic carbocycles. The lowest BCUT2D eigenvalue weighted by atomic mass is 10.2. The molecule has 0 radical (unpaired) electrons. The van der Waals surface area contributed by atoms with E-state index < -0.39 is 0 Å². The van der Waals surface area contributed by atoms with Crippen molar-refractivity contribution in [3.8, 4) is 11.5 Å². The van der Waals surface area contributed by atoms with Crippen LogP contribution in [0.15, 0.2) is 36.7 Å². The number of hydrogen-bond donors (Lipinski definition) is 1. The molecule has 4 rings (SSSR count). The van der Waals surface area contributed by atoms with Gasteiger partial charge in [0.05, 0.1) is 0 Å². The number of hydrogen-bond acceptors (Lipinski definition) is 6. The predicted molar refractivity (Wildman–Crippen MR) is 90.6 cm³/mol. The van der Waals surface area contributed by atoms with Crippen molar-refractivity contribution in [2.75, 3.05) is 37.9 Å². The van der Waals surface area contributed by atoms with Crippen molar-refractivity contribution in [2.24, 2.45) is 0 Å². The molecule has 2 aliphatic heterocycles. The maximum atomic E-state index is 12.4. The Kier molecular flexibility index (Phi) is 4.24. The number of nitrogens with zero attached hydrogens (tertiary/aromatic N) is 4. The molecule has 1 aromatic carbocycles. The molecule has 3 heterocycles. The van der Waals surface area contributed by atoms with Gasteiger partial charge in [0.15, 0.2) is 11.5 Å². The van der Waals surface area contributed by atoms with E-state index >= 15 is 0 Å². The van der Waals surface area contributed by atoms with E-state index in [-0.39, 0.29) is 12.8 Å². The third-order valence-electron chi connectivity index (χ3n) is 4.28. The summed E-state index contributed by atoms with van der Waals surface area (Å²) in [5.74, 6) is 2.18. The third kappa shape index (κ3) is 3.42. The SMILES string of the molecule is O=C(NCc1ccc2c(c1)OCO2)N1CCN(c2ncccn2)CC1. The number of nitrogens with one attached hydrogen (secondary N) is 1. The third-order valence-corrected chi connectivity index (χ3v) is 4.28. The van der Waals surface area contributed by atoms with E-state index in [9.17, 15) is 4.79 Å². The van der Waals surface area contributed by atoms with Gasteiger partial charge in [-0.1, -0.05) is 6.07 Å². The monoisotopic (exact) mass is 341 g/mol. The summed E-state index contributed by atoms with van der Waals surface area (Å²) in [7, 11) is 0. The van der Waals surface area contributed by atoms with Crippen LogP contribution >= 0.6 is 0 Å². The van der Waals surface area contributed by atoms with Crippen LogP contribution in [0.25, 0.3) is 0 Å². The van der Waals surface area contributed by atoms with Gasteiger partial charge in [-0.3, -0.25) is 0 Å². The van der Waals surface area contributed by atoms with Crippen molar-refractivity contribution in [3.05, 3.63) is 42.2 Å². The molecule has 25 heavy (non-hydrogen) atoms. The molecular weight excluding hydrogens is 322 g/mol. The van der Waals surface area contributed by atoms with Crippen LogP contribution in [0.4, 0.5) is 10.7 Å². The highest BCUT2D eigenvalue weighted by atomic mass is 16.7. The fourth-order valence-electron chi connectivity index (χ4n) is 2.90. The molecular formula is C17H19N5O3. The summed E-state index contributed by atoms with van der Waals surface area (Å²) < 4.78 is 10.6. The molecule has 2 aromatic rings. The molecule has 1 fully saturated rings. The van der Waals surface area contributed by atoms with E-state index in [0.717, 1.165) is 30.2 Å². The van der Waals surface area contributed by atoms with Crippen LogP contribution in [0.1, 0.15) is 5.56 Å². The number of carbonyl (C=O) groups excluding carboxylic acids is 1. The lowest BCUT2D eigenvalue weighted by Crippen LogP contribution is -2.52. The van der Waals surface area contributed by atoms with Crippen molar-refractivity contribution < 1.29 is 14.3 Å².